The zero-order valence-corrected chi connectivity index (χ0v) is 15.3. The molecule has 2 aliphatic rings. The third kappa shape index (κ3) is 5.40. The summed E-state index contributed by atoms with van der Waals surface area (Å²) in [5, 5.41) is 2.60. The Kier molecular flexibility index (Phi) is 6.59. The first-order valence-corrected chi connectivity index (χ1v) is 9.32. The molecule has 3 rings (SSSR count). The Morgan fingerprint density at radius 2 is 2.11 bits per heavy atom. The van der Waals surface area contributed by atoms with E-state index in [0.717, 1.165) is 23.3 Å². The minimum Gasteiger partial charge on any atom is -0.376 e. The Balaban J connectivity index is 1.64. The van der Waals surface area contributed by atoms with Crippen molar-refractivity contribution in [2.24, 2.45) is 0 Å². The molecular formula is C20H25N3O4. The molecule has 0 saturated carbocycles. The van der Waals surface area contributed by atoms with E-state index >= 15 is 0 Å². The molecule has 7 heteroatoms. The Morgan fingerprint density at radius 1 is 1.30 bits per heavy atom. The summed E-state index contributed by atoms with van der Waals surface area (Å²) in [4.78, 5) is 39.3. The van der Waals surface area contributed by atoms with Gasteiger partial charge in [-0.2, -0.15) is 0 Å². The number of nitrogens with one attached hydrogen (secondary N) is 1. The van der Waals surface area contributed by atoms with Gasteiger partial charge in [0, 0.05) is 32.7 Å². The van der Waals surface area contributed by atoms with Crippen molar-refractivity contribution in [1.82, 2.24) is 15.1 Å². The number of benzene rings is 1. The minimum absolute atomic E-state index is 0.00459. The van der Waals surface area contributed by atoms with Gasteiger partial charge in [-0.15, -0.1) is 0 Å². The van der Waals surface area contributed by atoms with Crippen molar-refractivity contribution in [2.75, 3.05) is 32.8 Å². The van der Waals surface area contributed by atoms with Gasteiger partial charge < -0.3 is 15.0 Å². The Morgan fingerprint density at radius 3 is 2.81 bits per heavy atom. The van der Waals surface area contributed by atoms with Crippen molar-refractivity contribution >= 4 is 23.9 Å². The van der Waals surface area contributed by atoms with Gasteiger partial charge in [0.25, 0.3) is 0 Å². The number of carbonyl (C=O) groups excluding carboxylic acids is 3. The molecule has 0 aliphatic carbocycles. The summed E-state index contributed by atoms with van der Waals surface area (Å²) in [5.41, 5.74) is 1.05. The van der Waals surface area contributed by atoms with Crippen molar-refractivity contribution in [3.8, 4) is 0 Å². The third-order valence-corrected chi connectivity index (χ3v) is 4.69. The van der Waals surface area contributed by atoms with Crippen molar-refractivity contribution in [3.05, 3.63) is 42.0 Å². The normalized spacial score (nSPS) is 20.1. The SMILES string of the molecule is O=C(CN1C(=O)CCNC1=O)N(C/C=C/c1ccccc1)CC1CCCO1. The van der Waals surface area contributed by atoms with Crippen molar-refractivity contribution in [2.45, 2.75) is 25.4 Å². The fraction of sp³-hybridized carbons (Fsp3) is 0.450. The molecule has 2 heterocycles. The number of hydrogen-bond acceptors (Lipinski definition) is 4. The maximum atomic E-state index is 12.8. The second-order valence-corrected chi connectivity index (χ2v) is 6.71. The molecule has 2 saturated heterocycles. The predicted molar refractivity (Wildman–Crippen MR) is 101 cm³/mol. The van der Waals surface area contributed by atoms with E-state index in [9.17, 15) is 14.4 Å². The average molecular weight is 371 g/mol. The van der Waals surface area contributed by atoms with E-state index in [1.54, 1.807) is 4.90 Å². The van der Waals surface area contributed by atoms with Crippen LogP contribution in [0.2, 0.25) is 0 Å². The van der Waals surface area contributed by atoms with E-state index in [1.165, 1.54) is 0 Å². The number of amides is 4. The van der Waals surface area contributed by atoms with Gasteiger partial charge in [0.15, 0.2) is 0 Å². The van der Waals surface area contributed by atoms with Crippen molar-refractivity contribution in [3.63, 3.8) is 0 Å². The summed E-state index contributed by atoms with van der Waals surface area (Å²) in [5.74, 6) is -0.572. The summed E-state index contributed by atoms with van der Waals surface area (Å²) >= 11 is 0. The second kappa shape index (κ2) is 9.32. The average Bonchev–Trinajstić information content (AvgIpc) is 3.18. The third-order valence-electron chi connectivity index (χ3n) is 4.69. The van der Waals surface area contributed by atoms with Crippen LogP contribution in [-0.2, 0) is 14.3 Å². The lowest BCUT2D eigenvalue weighted by atomic mass is 10.2. The van der Waals surface area contributed by atoms with Crippen LogP contribution in [0.25, 0.3) is 6.08 Å². The number of imide groups is 1. The zero-order valence-electron chi connectivity index (χ0n) is 15.3. The monoisotopic (exact) mass is 371 g/mol. The molecular weight excluding hydrogens is 346 g/mol. The van der Waals surface area contributed by atoms with E-state index in [4.69, 9.17) is 4.74 Å². The molecule has 7 nitrogen and oxygen atoms in total. The second-order valence-electron chi connectivity index (χ2n) is 6.71. The van der Waals surface area contributed by atoms with Gasteiger partial charge in [-0.25, -0.2) is 4.79 Å². The van der Waals surface area contributed by atoms with E-state index < -0.39 is 6.03 Å². The Hall–Kier alpha value is -2.67. The van der Waals surface area contributed by atoms with E-state index in [2.05, 4.69) is 5.32 Å². The van der Waals surface area contributed by atoms with Gasteiger partial charge in [0.05, 0.1) is 6.10 Å². The first-order valence-electron chi connectivity index (χ1n) is 9.32. The molecule has 2 fully saturated rings. The summed E-state index contributed by atoms with van der Waals surface area (Å²) < 4.78 is 5.65. The van der Waals surface area contributed by atoms with Crippen LogP contribution in [0.4, 0.5) is 4.79 Å². The molecule has 0 bridgehead atoms. The van der Waals surface area contributed by atoms with Crippen molar-refractivity contribution in [1.29, 1.82) is 0 Å². The van der Waals surface area contributed by atoms with Gasteiger partial charge in [-0.1, -0.05) is 42.5 Å². The molecule has 1 atom stereocenters. The summed E-state index contributed by atoms with van der Waals surface area (Å²) in [6.45, 7) is 1.65. The standard InChI is InChI=1S/C20H25N3O4/c24-18-10-11-21-20(26)23(18)15-19(25)22(14-17-9-5-13-27-17)12-4-8-16-6-2-1-3-7-16/h1-4,6-8,17H,5,9-15H2,(H,21,26)/b8-4+. The van der Waals surface area contributed by atoms with Gasteiger partial charge in [-0.3, -0.25) is 14.5 Å². The molecule has 1 aromatic carbocycles. The molecule has 1 unspecified atom stereocenters. The van der Waals surface area contributed by atoms with Crippen molar-refractivity contribution < 1.29 is 19.1 Å². The Bertz CT molecular complexity index is 682. The van der Waals surface area contributed by atoms with Crippen LogP contribution in [0.1, 0.15) is 24.8 Å². The molecule has 144 valence electrons. The highest BCUT2D eigenvalue weighted by molar-refractivity contribution is 6.00. The molecule has 1 N–H and O–H groups in total. The fourth-order valence-corrected chi connectivity index (χ4v) is 3.21. The topological polar surface area (TPSA) is 79.0 Å². The summed E-state index contributed by atoms with van der Waals surface area (Å²) in [7, 11) is 0. The van der Waals surface area contributed by atoms with Gasteiger partial charge in [-0.05, 0) is 18.4 Å². The number of rotatable bonds is 7. The quantitative estimate of drug-likeness (QED) is 0.790. The van der Waals surface area contributed by atoms with Crippen LogP contribution in [0.15, 0.2) is 36.4 Å². The summed E-state index contributed by atoms with van der Waals surface area (Å²) in [6.07, 6.45) is 5.99. The maximum Gasteiger partial charge on any atom is 0.324 e. The molecule has 2 aliphatic heterocycles. The minimum atomic E-state index is -0.503. The lowest BCUT2D eigenvalue weighted by Gasteiger charge is -2.29. The van der Waals surface area contributed by atoms with Crippen LogP contribution in [0.3, 0.4) is 0 Å². The van der Waals surface area contributed by atoms with E-state index in [-0.39, 0.29) is 30.9 Å². The Labute approximate surface area is 159 Å². The lowest BCUT2D eigenvalue weighted by molar-refractivity contribution is -0.139. The maximum absolute atomic E-state index is 12.8. The molecule has 1 aromatic rings. The highest BCUT2D eigenvalue weighted by Gasteiger charge is 2.30. The first kappa shape index (κ1) is 19.1. The largest absolute Gasteiger partial charge is 0.376 e. The molecule has 0 radical (unpaired) electrons. The smallest absolute Gasteiger partial charge is 0.324 e. The number of carbonyl (C=O) groups is 3. The molecule has 0 spiro atoms. The number of urea groups is 1. The first-order chi connectivity index (χ1) is 13.1. The highest BCUT2D eigenvalue weighted by atomic mass is 16.5. The zero-order chi connectivity index (χ0) is 19.1. The van der Waals surface area contributed by atoms with Gasteiger partial charge in [0.2, 0.25) is 11.8 Å². The predicted octanol–water partition coefficient (Wildman–Crippen LogP) is 1.65. The number of ether oxygens (including phenoxy) is 1. The summed E-state index contributed by atoms with van der Waals surface area (Å²) in [6, 6.07) is 9.33. The van der Waals surface area contributed by atoms with Crippen LogP contribution in [0.5, 0.6) is 0 Å². The number of hydrogen-bond donors (Lipinski definition) is 1. The fourth-order valence-electron chi connectivity index (χ4n) is 3.21. The highest BCUT2D eigenvalue weighted by Crippen LogP contribution is 2.14. The molecule has 27 heavy (non-hydrogen) atoms. The van der Waals surface area contributed by atoms with Crippen LogP contribution in [-0.4, -0.2) is 66.5 Å². The lowest BCUT2D eigenvalue weighted by Crippen LogP contribution is -2.54. The van der Waals surface area contributed by atoms with E-state index in [0.29, 0.717) is 26.2 Å². The molecule has 0 aromatic heterocycles. The van der Waals surface area contributed by atoms with Gasteiger partial charge in [0.1, 0.15) is 6.54 Å². The van der Waals surface area contributed by atoms with Gasteiger partial charge >= 0.3 is 6.03 Å². The molecule has 4 amide bonds. The van der Waals surface area contributed by atoms with Crippen LogP contribution < -0.4 is 5.32 Å². The van der Waals surface area contributed by atoms with Crippen LogP contribution >= 0.6 is 0 Å². The van der Waals surface area contributed by atoms with E-state index in [1.807, 2.05) is 42.5 Å². The van der Waals surface area contributed by atoms with Crippen LogP contribution in [0, 0.1) is 0 Å². The number of nitrogens with zero attached hydrogens (tertiary/aromatic N) is 2.